The van der Waals surface area contributed by atoms with Crippen LogP contribution in [-0.2, 0) is 4.79 Å². The summed E-state index contributed by atoms with van der Waals surface area (Å²) in [6.07, 6.45) is 5.71. The lowest BCUT2D eigenvalue weighted by Gasteiger charge is -2.27. The summed E-state index contributed by atoms with van der Waals surface area (Å²) in [5, 5.41) is 9.89. The van der Waals surface area contributed by atoms with Crippen LogP contribution in [0.3, 0.4) is 0 Å². The average molecular weight is 203 g/mol. The van der Waals surface area contributed by atoms with Gasteiger partial charge in [-0.05, 0) is 30.2 Å². The molecule has 3 heteroatoms. The number of carbonyl (C=O) groups is 1. The van der Waals surface area contributed by atoms with E-state index < -0.39 is 5.60 Å². The number of allylic oxidation sites excluding steroid dienone is 1. The zero-order valence-electron chi connectivity index (χ0n) is 8.60. The predicted octanol–water partition coefficient (Wildman–Crippen LogP) is 1.58. The fraction of sp³-hybridized carbons (Fsp3) is 0.333. The van der Waals surface area contributed by atoms with E-state index in [1.807, 2.05) is 12.1 Å². The van der Waals surface area contributed by atoms with Crippen molar-refractivity contribution in [2.24, 2.45) is 0 Å². The second-order valence-corrected chi connectivity index (χ2v) is 4.23. The number of hydrogen-bond acceptors (Lipinski definition) is 3. The van der Waals surface area contributed by atoms with Crippen LogP contribution in [0, 0.1) is 0 Å². The summed E-state index contributed by atoms with van der Waals surface area (Å²) >= 11 is 0. The molecule has 2 rings (SSSR count). The molecule has 1 aliphatic carbocycles. The van der Waals surface area contributed by atoms with Gasteiger partial charge >= 0.3 is 0 Å². The maximum absolute atomic E-state index is 11.4. The molecule has 0 spiro atoms. The van der Waals surface area contributed by atoms with Crippen LogP contribution in [-0.4, -0.2) is 21.5 Å². The van der Waals surface area contributed by atoms with Crippen LogP contribution >= 0.6 is 0 Å². The summed E-state index contributed by atoms with van der Waals surface area (Å²) in [6, 6.07) is 3.72. The molecular formula is C12H13NO2. The van der Waals surface area contributed by atoms with Gasteiger partial charge in [-0.1, -0.05) is 6.07 Å². The first-order chi connectivity index (χ1) is 7.07. The Kier molecular flexibility index (Phi) is 2.40. The van der Waals surface area contributed by atoms with Gasteiger partial charge in [-0.3, -0.25) is 9.78 Å². The second kappa shape index (κ2) is 3.59. The molecule has 0 saturated carbocycles. The van der Waals surface area contributed by atoms with Gasteiger partial charge < -0.3 is 5.11 Å². The highest BCUT2D eigenvalue weighted by Crippen LogP contribution is 2.31. The van der Waals surface area contributed by atoms with Crippen LogP contribution in [0.1, 0.15) is 25.3 Å². The average Bonchev–Trinajstić information content (AvgIpc) is 2.16. The minimum absolute atomic E-state index is 0.0231. The van der Waals surface area contributed by atoms with Gasteiger partial charge in [-0.25, -0.2) is 0 Å². The third-order valence-electron chi connectivity index (χ3n) is 2.49. The van der Waals surface area contributed by atoms with Crippen LogP contribution < -0.4 is 0 Å². The Balaban J connectivity index is 2.35. The highest BCUT2D eigenvalue weighted by molar-refractivity contribution is 5.99. The topological polar surface area (TPSA) is 50.2 Å². The van der Waals surface area contributed by atoms with Gasteiger partial charge in [0.1, 0.15) is 0 Å². The number of nitrogens with zero attached hydrogens (tertiary/aromatic N) is 1. The van der Waals surface area contributed by atoms with Crippen molar-refractivity contribution in [3.8, 4) is 0 Å². The SMILES string of the molecule is CC1(O)CC(=O)C=C(c2cccnc2)C1. The van der Waals surface area contributed by atoms with Crippen LogP contribution in [0.25, 0.3) is 5.57 Å². The lowest BCUT2D eigenvalue weighted by molar-refractivity contribution is -0.119. The summed E-state index contributed by atoms with van der Waals surface area (Å²) in [5.41, 5.74) is 0.854. The van der Waals surface area contributed by atoms with E-state index in [-0.39, 0.29) is 12.2 Å². The predicted molar refractivity (Wildman–Crippen MR) is 57.1 cm³/mol. The number of aliphatic hydroxyl groups is 1. The third kappa shape index (κ3) is 2.30. The molecule has 0 amide bonds. The molecule has 3 nitrogen and oxygen atoms in total. The number of carbonyl (C=O) groups excluding carboxylic acids is 1. The zero-order chi connectivity index (χ0) is 10.9. The van der Waals surface area contributed by atoms with E-state index in [0.29, 0.717) is 6.42 Å². The molecule has 1 atom stereocenters. The first kappa shape index (κ1) is 10.1. The molecule has 1 heterocycles. The van der Waals surface area contributed by atoms with Crippen molar-refractivity contribution in [3.63, 3.8) is 0 Å². The van der Waals surface area contributed by atoms with Gasteiger partial charge in [0.15, 0.2) is 5.78 Å². The van der Waals surface area contributed by atoms with E-state index in [4.69, 9.17) is 0 Å². The van der Waals surface area contributed by atoms with Crippen molar-refractivity contribution in [1.82, 2.24) is 4.98 Å². The van der Waals surface area contributed by atoms with E-state index in [9.17, 15) is 9.90 Å². The number of ketones is 1. The van der Waals surface area contributed by atoms with Gasteiger partial charge in [0, 0.05) is 25.2 Å². The number of pyridine rings is 1. The molecule has 1 aromatic heterocycles. The number of rotatable bonds is 1. The Labute approximate surface area is 88.5 Å². The largest absolute Gasteiger partial charge is 0.389 e. The lowest BCUT2D eigenvalue weighted by atomic mass is 9.83. The molecule has 0 radical (unpaired) electrons. The van der Waals surface area contributed by atoms with Crippen molar-refractivity contribution in [1.29, 1.82) is 0 Å². The number of hydrogen-bond donors (Lipinski definition) is 1. The smallest absolute Gasteiger partial charge is 0.158 e. The van der Waals surface area contributed by atoms with Gasteiger partial charge in [0.25, 0.3) is 0 Å². The quantitative estimate of drug-likeness (QED) is 0.753. The van der Waals surface area contributed by atoms with Gasteiger partial charge in [-0.15, -0.1) is 0 Å². The fourth-order valence-corrected chi connectivity index (χ4v) is 1.88. The Hall–Kier alpha value is -1.48. The maximum atomic E-state index is 11.4. The minimum atomic E-state index is -0.920. The van der Waals surface area contributed by atoms with Gasteiger partial charge in [0.05, 0.1) is 5.60 Å². The summed E-state index contributed by atoms with van der Waals surface area (Å²) in [4.78, 5) is 15.4. The van der Waals surface area contributed by atoms with Crippen molar-refractivity contribution in [3.05, 3.63) is 36.2 Å². The maximum Gasteiger partial charge on any atom is 0.158 e. The van der Waals surface area contributed by atoms with E-state index in [1.54, 1.807) is 25.4 Å². The summed E-state index contributed by atoms with van der Waals surface area (Å²) in [7, 11) is 0. The molecule has 0 aromatic carbocycles. The first-order valence-electron chi connectivity index (χ1n) is 4.93. The Morgan fingerprint density at radius 3 is 2.87 bits per heavy atom. The molecule has 1 aliphatic rings. The van der Waals surface area contributed by atoms with Crippen LogP contribution in [0.5, 0.6) is 0 Å². The lowest BCUT2D eigenvalue weighted by Crippen LogP contribution is -2.30. The highest BCUT2D eigenvalue weighted by Gasteiger charge is 2.29. The van der Waals surface area contributed by atoms with Crippen molar-refractivity contribution >= 4 is 11.4 Å². The van der Waals surface area contributed by atoms with Crippen LogP contribution in [0.2, 0.25) is 0 Å². The molecule has 15 heavy (non-hydrogen) atoms. The molecule has 1 aromatic rings. The summed E-state index contributed by atoms with van der Waals surface area (Å²) in [6.45, 7) is 1.69. The van der Waals surface area contributed by atoms with E-state index >= 15 is 0 Å². The molecule has 1 unspecified atom stereocenters. The minimum Gasteiger partial charge on any atom is -0.389 e. The number of aromatic nitrogens is 1. The Morgan fingerprint density at radius 1 is 1.47 bits per heavy atom. The zero-order valence-corrected chi connectivity index (χ0v) is 8.60. The summed E-state index contributed by atoms with van der Waals surface area (Å²) in [5.74, 6) is -0.0231. The molecule has 0 saturated heterocycles. The molecule has 0 fully saturated rings. The van der Waals surface area contributed by atoms with E-state index in [1.165, 1.54) is 0 Å². The standard InChI is InChI=1S/C12H13NO2/c1-12(15)6-10(5-11(14)7-12)9-3-2-4-13-8-9/h2-5,8,15H,6-7H2,1H3. The Bertz CT molecular complexity index is 407. The fourth-order valence-electron chi connectivity index (χ4n) is 1.88. The first-order valence-corrected chi connectivity index (χ1v) is 4.93. The highest BCUT2D eigenvalue weighted by atomic mass is 16.3. The van der Waals surface area contributed by atoms with Crippen LogP contribution in [0.15, 0.2) is 30.6 Å². The van der Waals surface area contributed by atoms with Crippen molar-refractivity contribution in [2.45, 2.75) is 25.4 Å². The van der Waals surface area contributed by atoms with Crippen molar-refractivity contribution in [2.75, 3.05) is 0 Å². The Morgan fingerprint density at radius 2 is 2.27 bits per heavy atom. The molecular weight excluding hydrogens is 190 g/mol. The van der Waals surface area contributed by atoms with Crippen LogP contribution in [0.4, 0.5) is 0 Å². The molecule has 78 valence electrons. The third-order valence-corrected chi connectivity index (χ3v) is 2.49. The normalized spacial score (nSPS) is 26.3. The van der Waals surface area contributed by atoms with E-state index in [2.05, 4.69) is 4.98 Å². The van der Waals surface area contributed by atoms with Gasteiger partial charge in [-0.2, -0.15) is 0 Å². The molecule has 0 bridgehead atoms. The van der Waals surface area contributed by atoms with Gasteiger partial charge in [0.2, 0.25) is 0 Å². The monoisotopic (exact) mass is 203 g/mol. The second-order valence-electron chi connectivity index (χ2n) is 4.23. The van der Waals surface area contributed by atoms with E-state index in [0.717, 1.165) is 11.1 Å². The molecule has 1 N–H and O–H groups in total. The van der Waals surface area contributed by atoms with Crippen molar-refractivity contribution < 1.29 is 9.90 Å². The molecule has 0 aliphatic heterocycles. The summed E-state index contributed by atoms with van der Waals surface area (Å²) < 4.78 is 0.